The summed E-state index contributed by atoms with van der Waals surface area (Å²) in [5, 5.41) is 10.2. The molecule has 0 aliphatic heterocycles. The average molecular weight is 393 g/mol. The molecule has 0 bridgehead atoms. The van der Waals surface area contributed by atoms with Crippen LogP contribution in [0.3, 0.4) is 0 Å². The third-order valence-electron chi connectivity index (χ3n) is 4.88. The van der Waals surface area contributed by atoms with Crippen LogP contribution in [0.5, 0.6) is 11.5 Å². The smallest absolute Gasteiger partial charge is 0.189 e. The summed E-state index contributed by atoms with van der Waals surface area (Å²) in [6.45, 7) is 6.12. The van der Waals surface area contributed by atoms with Crippen LogP contribution in [0.2, 0.25) is 0 Å². The molecule has 0 aromatic heterocycles. The van der Waals surface area contributed by atoms with E-state index in [1.54, 1.807) is 18.2 Å². The summed E-state index contributed by atoms with van der Waals surface area (Å²) in [7, 11) is 0. The molecule has 0 saturated carbocycles. The van der Waals surface area contributed by atoms with Gasteiger partial charge in [-0.05, 0) is 55.2 Å². The topological polar surface area (TPSA) is 46.5 Å². The van der Waals surface area contributed by atoms with Crippen LogP contribution in [0.4, 0.5) is 0 Å². The first-order valence-corrected chi connectivity index (χ1v) is 10.5. The molecule has 0 unspecified atom stereocenters. The molecule has 0 fully saturated rings. The Labute approximate surface area is 174 Å². The molecule has 0 saturated heterocycles. The van der Waals surface area contributed by atoms with E-state index in [1.165, 1.54) is 43.4 Å². The van der Waals surface area contributed by atoms with Crippen molar-refractivity contribution in [3.8, 4) is 11.5 Å². The Balaban J connectivity index is 1.97. The highest BCUT2D eigenvalue weighted by atomic mass is 16.5. The first-order valence-electron chi connectivity index (χ1n) is 10.5. The van der Waals surface area contributed by atoms with Crippen molar-refractivity contribution in [2.75, 3.05) is 0 Å². The van der Waals surface area contributed by atoms with Gasteiger partial charge in [-0.3, -0.25) is 4.79 Å². The maximum absolute atomic E-state index is 12.5. The number of ether oxygens (including phenoxy) is 1. The molecule has 0 radical (unpaired) electrons. The highest BCUT2D eigenvalue weighted by Gasteiger charge is 2.10. The number of hydrogen-bond donors (Lipinski definition) is 1. The standard InChI is InChI=1S/C26H32O3/c1-4-7-8-9-10-20-11-13-21(14-12-20)15-18-25(27)24-17-16-23(19-26(24)28)29-22(5-2)6-3/h5,11-19,28H,4,6-10H2,1-3H3. The summed E-state index contributed by atoms with van der Waals surface area (Å²) in [6.07, 6.45) is 12.0. The average Bonchev–Trinajstić information content (AvgIpc) is 2.74. The first-order chi connectivity index (χ1) is 14.1. The van der Waals surface area contributed by atoms with Crippen LogP contribution in [0.15, 0.2) is 60.4 Å². The summed E-state index contributed by atoms with van der Waals surface area (Å²) in [5.74, 6) is 1.02. The Bertz CT molecular complexity index is 845. The van der Waals surface area contributed by atoms with Crippen LogP contribution in [0, 0.1) is 0 Å². The van der Waals surface area contributed by atoms with Crippen molar-refractivity contribution < 1.29 is 14.6 Å². The zero-order valence-corrected chi connectivity index (χ0v) is 17.8. The monoisotopic (exact) mass is 392 g/mol. The molecule has 0 aliphatic rings. The van der Waals surface area contributed by atoms with Gasteiger partial charge in [0.15, 0.2) is 5.78 Å². The number of phenols is 1. The van der Waals surface area contributed by atoms with Gasteiger partial charge >= 0.3 is 0 Å². The van der Waals surface area contributed by atoms with Crippen LogP contribution in [0.25, 0.3) is 6.08 Å². The Kier molecular flexibility index (Phi) is 9.23. The Morgan fingerprint density at radius 2 is 1.79 bits per heavy atom. The van der Waals surface area contributed by atoms with E-state index in [4.69, 9.17) is 4.74 Å². The van der Waals surface area contributed by atoms with Crippen molar-refractivity contribution in [3.05, 3.63) is 77.1 Å². The second-order valence-electron chi connectivity index (χ2n) is 7.14. The van der Waals surface area contributed by atoms with Gasteiger partial charge in [-0.2, -0.15) is 0 Å². The number of unbranched alkanes of at least 4 members (excludes halogenated alkanes) is 3. The van der Waals surface area contributed by atoms with Crippen LogP contribution in [-0.4, -0.2) is 10.9 Å². The van der Waals surface area contributed by atoms with E-state index < -0.39 is 0 Å². The summed E-state index contributed by atoms with van der Waals surface area (Å²) < 4.78 is 5.68. The quantitative estimate of drug-likeness (QED) is 0.192. The highest BCUT2D eigenvalue weighted by Crippen LogP contribution is 2.26. The maximum Gasteiger partial charge on any atom is 0.189 e. The summed E-state index contributed by atoms with van der Waals surface area (Å²) in [4.78, 5) is 12.5. The fraction of sp³-hybridized carbons (Fsp3) is 0.346. The SMILES string of the molecule is CC=C(CC)Oc1ccc(C(=O)C=Cc2ccc(CCCCCC)cc2)c(O)c1. The van der Waals surface area contributed by atoms with Crippen LogP contribution < -0.4 is 4.74 Å². The number of allylic oxidation sites excluding steroid dienone is 3. The Morgan fingerprint density at radius 1 is 1.03 bits per heavy atom. The molecule has 3 nitrogen and oxygen atoms in total. The van der Waals surface area contributed by atoms with Gasteiger partial charge in [-0.15, -0.1) is 0 Å². The second-order valence-corrected chi connectivity index (χ2v) is 7.14. The highest BCUT2D eigenvalue weighted by molar-refractivity contribution is 6.08. The molecule has 2 aromatic rings. The molecular weight excluding hydrogens is 360 g/mol. The Hall–Kier alpha value is -2.81. The second kappa shape index (κ2) is 11.9. The van der Waals surface area contributed by atoms with Gasteiger partial charge in [0.25, 0.3) is 0 Å². The zero-order chi connectivity index (χ0) is 21.1. The molecule has 2 rings (SSSR count). The fourth-order valence-electron chi connectivity index (χ4n) is 3.08. The van der Waals surface area contributed by atoms with Gasteiger partial charge in [0.1, 0.15) is 11.5 Å². The third-order valence-corrected chi connectivity index (χ3v) is 4.88. The molecule has 0 amide bonds. The molecule has 0 atom stereocenters. The van der Waals surface area contributed by atoms with E-state index in [-0.39, 0.29) is 17.1 Å². The summed E-state index contributed by atoms with van der Waals surface area (Å²) in [5.41, 5.74) is 2.56. The largest absolute Gasteiger partial charge is 0.507 e. The number of aromatic hydroxyl groups is 1. The van der Waals surface area contributed by atoms with E-state index in [2.05, 4.69) is 19.1 Å². The van der Waals surface area contributed by atoms with Gasteiger partial charge in [0.2, 0.25) is 0 Å². The number of benzene rings is 2. The number of rotatable bonds is 11. The normalized spacial score (nSPS) is 11.8. The fourth-order valence-corrected chi connectivity index (χ4v) is 3.08. The molecule has 0 heterocycles. The van der Waals surface area contributed by atoms with Gasteiger partial charge in [-0.25, -0.2) is 0 Å². The first kappa shape index (κ1) is 22.5. The summed E-state index contributed by atoms with van der Waals surface area (Å²) >= 11 is 0. The van der Waals surface area contributed by atoms with E-state index in [0.717, 1.165) is 24.2 Å². The van der Waals surface area contributed by atoms with Crippen molar-refractivity contribution in [2.24, 2.45) is 0 Å². The lowest BCUT2D eigenvalue weighted by Gasteiger charge is -2.09. The van der Waals surface area contributed by atoms with E-state index in [0.29, 0.717) is 5.75 Å². The van der Waals surface area contributed by atoms with Crippen LogP contribution in [0.1, 0.15) is 74.4 Å². The maximum atomic E-state index is 12.5. The van der Waals surface area contributed by atoms with Gasteiger partial charge in [0, 0.05) is 12.5 Å². The van der Waals surface area contributed by atoms with Crippen LogP contribution >= 0.6 is 0 Å². The predicted octanol–water partition coefficient (Wildman–Crippen LogP) is 7.10. The minimum absolute atomic E-state index is 0.0777. The molecular formula is C26H32O3. The van der Waals surface area contributed by atoms with E-state index in [9.17, 15) is 9.90 Å². The lowest BCUT2D eigenvalue weighted by Crippen LogP contribution is -1.97. The molecule has 3 heteroatoms. The van der Waals surface area contributed by atoms with Gasteiger partial charge in [-0.1, -0.05) is 63.5 Å². The molecule has 0 aliphatic carbocycles. The van der Waals surface area contributed by atoms with E-state index in [1.807, 2.05) is 32.1 Å². The molecule has 29 heavy (non-hydrogen) atoms. The van der Waals surface area contributed by atoms with E-state index >= 15 is 0 Å². The number of carbonyl (C=O) groups excluding carboxylic acids is 1. The zero-order valence-electron chi connectivity index (χ0n) is 17.8. The minimum atomic E-state index is -0.237. The molecule has 0 spiro atoms. The molecule has 1 N–H and O–H groups in total. The van der Waals surface area contributed by atoms with Crippen LogP contribution in [-0.2, 0) is 6.42 Å². The number of aryl methyl sites for hydroxylation is 1. The lowest BCUT2D eigenvalue weighted by molar-refractivity contribution is 0.104. The van der Waals surface area contributed by atoms with Gasteiger partial charge < -0.3 is 9.84 Å². The molecule has 154 valence electrons. The minimum Gasteiger partial charge on any atom is -0.507 e. The van der Waals surface area contributed by atoms with Crippen molar-refractivity contribution >= 4 is 11.9 Å². The molecule has 2 aromatic carbocycles. The number of hydrogen-bond acceptors (Lipinski definition) is 3. The lowest BCUT2D eigenvalue weighted by atomic mass is 10.0. The van der Waals surface area contributed by atoms with Crippen molar-refractivity contribution in [1.82, 2.24) is 0 Å². The predicted molar refractivity (Wildman–Crippen MR) is 120 cm³/mol. The van der Waals surface area contributed by atoms with Crippen molar-refractivity contribution in [2.45, 2.75) is 59.3 Å². The number of ketones is 1. The summed E-state index contributed by atoms with van der Waals surface area (Å²) in [6, 6.07) is 13.1. The van der Waals surface area contributed by atoms with Crippen molar-refractivity contribution in [3.63, 3.8) is 0 Å². The van der Waals surface area contributed by atoms with Gasteiger partial charge in [0.05, 0.1) is 11.3 Å². The third kappa shape index (κ3) is 7.26. The number of carbonyl (C=O) groups is 1. The number of phenolic OH excluding ortho intramolecular Hbond substituents is 1. The Morgan fingerprint density at radius 3 is 2.41 bits per heavy atom. The van der Waals surface area contributed by atoms with Crippen molar-refractivity contribution in [1.29, 1.82) is 0 Å².